The molecule has 23 heavy (non-hydrogen) atoms. The zero-order valence-corrected chi connectivity index (χ0v) is 15.1. The van der Waals surface area contributed by atoms with Gasteiger partial charge in [-0.3, -0.25) is 0 Å². The van der Waals surface area contributed by atoms with Crippen LogP contribution < -0.4 is 16.4 Å². The first-order valence-electron chi connectivity index (χ1n) is 8.41. The van der Waals surface area contributed by atoms with Gasteiger partial charge in [-0.25, -0.2) is 4.98 Å². The Hall–Kier alpha value is -1.56. The maximum atomic E-state index is 6.03. The quantitative estimate of drug-likeness (QED) is 0.774. The predicted octanol–water partition coefficient (Wildman–Crippen LogP) is 2.76. The van der Waals surface area contributed by atoms with Gasteiger partial charge in [-0.1, -0.05) is 13.8 Å². The van der Waals surface area contributed by atoms with Gasteiger partial charge in [-0.15, -0.1) is 0 Å². The Morgan fingerprint density at radius 1 is 1.30 bits per heavy atom. The number of anilines is 3. The lowest BCUT2D eigenvalue weighted by Crippen LogP contribution is -2.40. The van der Waals surface area contributed by atoms with Crippen LogP contribution in [0.3, 0.4) is 0 Å². The molecule has 0 bridgehead atoms. The van der Waals surface area contributed by atoms with E-state index in [1.54, 1.807) is 6.20 Å². The molecule has 1 radical (unpaired) electrons. The zero-order chi connectivity index (χ0) is 17.0. The van der Waals surface area contributed by atoms with E-state index in [0.29, 0.717) is 17.7 Å². The second kappa shape index (κ2) is 7.34. The number of likely N-dealkylation sites (tertiary alicyclic amines) is 1. The van der Waals surface area contributed by atoms with Gasteiger partial charge in [0, 0.05) is 31.2 Å². The third kappa shape index (κ3) is 5.86. The highest BCUT2D eigenvalue weighted by Gasteiger charge is 2.21. The highest BCUT2D eigenvalue weighted by Crippen LogP contribution is 2.22. The minimum absolute atomic E-state index is 0.0762. The third-order valence-electron chi connectivity index (χ3n) is 3.77. The summed E-state index contributed by atoms with van der Waals surface area (Å²) in [6.45, 7) is 14.0. The summed E-state index contributed by atoms with van der Waals surface area (Å²) in [6.07, 6.45) is 3.89. The van der Waals surface area contributed by atoms with Gasteiger partial charge in [-0.05, 0) is 39.5 Å². The first-order valence-corrected chi connectivity index (χ1v) is 8.41. The van der Waals surface area contributed by atoms with Gasteiger partial charge in [0.15, 0.2) is 5.82 Å². The largest absolute Gasteiger partial charge is 0.394 e. The van der Waals surface area contributed by atoms with E-state index < -0.39 is 0 Å². The van der Waals surface area contributed by atoms with Crippen molar-refractivity contribution in [2.45, 2.75) is 59.0 Å². The molecule has 4 N–H and O–H groups in total. The highest BCUT2D eigenvalue weighted by atomic mass is 15.2. The number of nitrogen functional groups attached to an aromatic ring is 1. The summed E-state index contributed by atoms with van der Waals surface area (Å²) in [7, 11) is 0. The van der Waals surface area contributed by atoms with E-state index in [-0.39, 0.29) is 5.54 Å². The van der Waals surface area contributed by atoms with Crippen molar-refractivity contribution in [1.29, 1.82) is 0 Å². The number of hydrogen-bond acceptors (Lipinski definition) is 6. The van der Waals surface area contributed by atoms with Crippen molar-refractivity contribution in [3.8, 4) is 0 Å². The lowest BCUT2D eigenvalue weighted by atomic mass is 10.0. The maximum Gasteiger partial charge on any atom is 0.225 e. The van der Waals surface area contributed by atoms with Crippen molar-refractivity contribution < 1.29 is 0 Å². The fourth-order valence-corrected chi connectivity index (χ4v) is 2.78. The molecule has 1 fully saturated rings. The Morgan fingerprint density at radius 3 is 2.52 bits per heavy atom. The first kappa shape index (κ1) is 17.8. The van der Waals surface area contributed by atoms with Crippen molar-refractivity contribution in [3.05, 3.63) is 12.1 Å². The van der Waals surface area contributed by atoms with Gasteiger partial charge in [-0.2, -0.15) is 4.98 Å². The molecule has 0 atom stereocenters. The normalized spacial score (nSPS) is 17.5. The monoisotopic (exact) mass is 319 g/mol. The number of rotatable bonds is 5. The van der Waals surface area contributed by atoms with Crippen molar-refractivity contribution in [1.82, 2.24) is 14.9 Å². The molecule has 0 saturated carbocycles. The molecular weight excluding hydrogens is 288 g/mol. The fraction of sp³-hybridized carbons (Fsp3) is 0.706. The van der Waals surface area contributed by atoms with E-state index in [1.165, 1.54) is 5.92 Å². The van der Waals surface area contributed by atoms with Crippen LogP contribution in [0.25, 0.3) is 0 Å². The van der Waals surface area contributed by atoms with Gasteiger partial charge in [0.05, 0.1) is 11.9 Å². The van der Waals surface area contributed by atoms with Gasteiger partial charge in [0.25, 0.3) is 0 Å². The zero-order valence-electron chi connectivity index (χ0n) is 15.1. The molecule has 0 aromatic carbocycles. The average molecular weight is 319 g/mol. The molecular formula is C17H31N6. The van der Waals surface area contributed by atoms with Crippen LogP contribution in [0.2, 0.25) is 0 Å². The molecule has 1 aromatic heterocycles. The summed E-state index contributed by atoms with van der Waals surface area (Å²) in [4.78, 5) is 11.3. The number of nitrogens with zero attached hydrogens (tertiary/aromatic N) is 3. The second-order valence-electron chi connectivity index (χ2n) is 7.77. The Morgan fingerprint density at radius 2 is 1.96 bits per heavy atom. The van der Waals surface area contributed by atoms with E-state index in [0.717, 1.165) is 38.3 Å². The van der Waals surface area contributed by atoms with Crippen LogP contribution >= 0.6 is 0 Å². The lowest BCUT2D eigenvalue weighted by Gasteiger charge is -2.33. The van der Waals surface area contributed by atoms with Crippen molar-refractivity contribution in [2.75, 3.05) is 36.0 Å². The second-order valence-corrected chi connectivity index (χ2v) is 7.77. The summed E-state index contributed by atoms with van der Waals surface area (Å²) >= 11 is 0. The predicted molar refractivity (Wildman–Crippen MR) is 97.5 cm³/mol. The summed E-state index contributed by atoms with van der Waals surface area (Å²) in [5.74, 6) is 2.82. The number of piperidine rings is 1. The molecule has 6 heteroatoms. The van der Waals surface area contributed by atoms with E-state index in [9.17, 15) is 0 Å². The lowest BCUT2D eigenvalue weighted by molar-refractivity contribution is 0.227. The molecule has 1 saturated heterocycles. The Balaban J connectivity index is 1.94. The van der Waals surface area contributed by atoms with Crippen molar-refractivity contribution in [3.63, 3.8) is 0 Å². The van der Waals surface area contributed by atoms with Crippen molar-refractivity contribution in [2.24, 2.45) is 0 Å². The number of hydrogen-bond donors (Lipinski definition) is 3. The van der Waals surface area contributed by atoms with Crippen LogP contribution in [-0.2, 0) is 0 Å². The summed E-state index contributed by atoms with van der Waals surface area (Å²) in [5, 5.41) is 6.79. The minimum Gasteiger partial charge on any atom is -0.394 e. The third-order valence-corrected chi connectivity index (χ3v) is 3.77. The van der Waals surface area contributed by atoms with Crippen LogP contribution in [-0.4, -0.2) is 46.1 Å². The first-order chi connectivity index (χ1) is 10.7. The smallest absolute Gasteiger partial charge is 0.225 e. The van der Waals surface area contributed by atoms with E-state index >= 15 is 0 Å². The molecule has 6 nitrogen and oxygen atoms in total. The Kier molecular flexibility index (Phi) is 5.68. The summed E-state index contributed by atoms with van der Waals surface area (Å²) < 4.78 is 0. The molecule has 129 valence electrons. The van der Waals surface area contributed by atoms with Crippen LogP contribution in [0.5, 0.6) is 0 Å². The Labute approximate surface area is 140 Å². The average Bonchev–Trinajstić information content (AvgIpc) is 2.42. The molecule has 0 amide bonds. The standard InChI is InChI=1S/C17H31N6/c1-12(2)11-23-8-6-13(7-9-23)20-15-14(18)10-19-16(21-15)22-17(3,4)5/h10,13H,6-9,11,18H2,1-5H3,(H2,19,20,21,22). The van der Waals surface area contributed by atoms with E-state index in [2.05, 4.69) is 60.1 Å². The van der Waals surface area contributed by atoms with E-state index in [4.69, 9.17) is 5.73 Å². The molecule has 2 heterocycles. The summed E-state index contributed by atoms with van der Waals surface area (Å²) in [6, 6.07) is 0.420. The molecule has 1 aliphatic rings. The molecule has 0 aliphatic carbocycles. The molecule has 0 unspecified atom stereocenters. The van der Waals surface area contributed by atoms with Gasteiger partial charge in [0.2, 0.25) is 5.95 Å². The highest BCUT2D eigenvalue weighted by molar-refractivity contribution is 5.62. The van der Waals surface area contributed by atoms with E-state index in [1.807, 2.05) is 0 Å². The van der Waals surface area contributed by atoms with Crippen molar-refractivity contribution >= 4 is 17.5 Å². The molecule has 2 rings (SSSR count). The molecule has 0 spiro atoms. The minimum atomic E-state index is -0.0762. The van der Waals surface area contributed by atoms with Crippen LogP contribution in [0.4, 0.5) is 17.5 Å². The number of nitrogens with one attached hydrogen (secondary N) is 2. The summed E-state index contributed by atoms with van der Waals surface area (Å²) in [5.41, 5.74) is 6.56. The number of nitrogens with two attached hydrogens (primary N) is 1. The topological polar surface area (TPSA) is 79.1 Å². The van der Waals surface area contributed by atoms with Crippen LogP contribution in [0.15, 0.2) is 6.20 Å². The van der Waals surface area contributed by atoms with Crippen LogP contribution in [0.1, 0.15) is 47.5 Å². The number of aromatic nitrogens is 2. The van der Waals surface area contributed by atoms with Gasteiger partial charge >= 0.3 is 0 Å². The Bertz CT molecular complexity index is 500. The molecule has 1 aromatic rings. The van der Waals surface area contributed by atoms with Crippen LogP contribution in [0, 0.1) is 5.92 Å². The fourth-order valence-electron chi connectivity index (χ4n) is 2.78. The SMILES string of the molecule is C[C](C)CN1CCC(Nc2nc(NC(C)(C)C)ncc2N)CC1. The maximum absolute atomic E-state index is 6.03. The van der Waals surface area contributed by atoms with Gasteiger partial charge < -0.3 is 21.3 Å². The van der Waals surface area contributed by atoms with Gasteiger partial charge in [0.1, 0.15) is 0 Å². The molecule has 1 aliphatic heterocycles.